The lowest BCUT2D eigenvalue weighted by Gasteiger charge is -2.19. The molecule has 0 saturated heterocycles. The average molecular weight is 939 g/mol. The number of nitrogens with one attached hydrogen (secondary N) is 1. The van der Waals surface area contributed by atoms with Crippen LogP contribution in [0.25, 0.3) is 0 Å². The molecule has 394 valence electrons. The van der Waals surface area contributed by atoms with Crippen LogP contribution in [0.5, 0.6) is 0 Å². The van der Waals surface area contributed by atoms with Gasteiger partial charge in [0.2, 0.25) is 5.91 Å². The predicted molar refractivity (Wildman–Crippen MR) is 299 cm³/mol. The van der Waals surface area contributed by atoms with E-state index in [1.165, 1.54) is 270 Å². The van der Waals surface area contributed by atoms with Crippen LogP contribution in [-0.4, -0.2) is 34.9 Å². The second-order valence-electron chi connectivity index (χ2n) is 20.7. The van der Waals surface area contributed by atoms with Gasteiger partial charge in [0.25, 0.3) is 0 Å². The van der Waals surface area contributed by atoms with Crippen LogP contribution in [0.2, 0.25) is 0 Å². The Bertz CT molecular complexity index is 1060. The molecule has 0 aliphatic carbocycles. The molecule has 4 nitrogen and oxygen atoms in total. The smallest absolute Gasteiger partial charge is 0.220 e. The van der Waals surface area contributed by atoms with Crippen molar-refractivity contribution < 1.29 is 15.0 Å². The molecule has 0 aromatic heterocycles. The van der Waals surface area contributed by atoms with Crippen LogP contribution in [0.4, 0.5) is 0 Å². The minimum Gasteiger partial charge on any atom is -0.394 e. The van der Waals surface area contributed by atoms with Gasteiger partial charge in [-0.05, 0) is 70.6 Å². The molecular weight excluding hydrogens is 819 g/mol. The minimum absolute atomic E-state index is 0.0734. The number of rotatable bonds is 56. The quantitative estimate of drug-likeness (QED) is 0.0420. The SMILES string of the molecule is CCCCCCCCCCCC/C=C/CC/C=C/CC/C=C/C(O)C(CO)NC(=O)CCCCCCCCCCCCCCCCCCC/C=C\CCCCCCCCCCCCCCCC. The van der Waals surface area contributed by atoms with Gasteiger partial charge in [-0.15, -0.1) is 0 Å². The van der Waals surface area contributed by atoms with E-state index in [0.29, 0.717) is 6.42 Å². The zero-order valence-corrected chi connectivity index (χ0v) is 45.4. The molecule has 0 aromatic carbocycles. The van der Waals surface area contributed by atoms with E-state index in [1.807, 2.05) is 6.08 Å². The number of carbonyl (C=O) groups is 1. The third-order valence-electron chi connectivity index (χ3n) is 14.0. The maximum Gasteiger partial charge on any atom is 0.220 e. The van der Waals surface area contributed by atoms with Crippen molar-refractivity contribution in [2.24, 2.45) is 0 Å². The Morgan fingerprint density at radius 2 is 0.582 bits per heavy atom. The summed E-state index contributed by atoms with van der Waals surface area (Å²) in [6, 6.07) is -0.646. The standard InChI is InChI=1S/C63H119NO3/c1-3-5-7-9-11-13-15-17-19-21-23-25-26-27-28-29-30-31-32-33-34-35-36-37-38-39-41-43-45-47-49-51-53-55-57-59-63(67)64-61(60-65)62(66)58-56-54-52-50-48-46-44-42-40-24-22-20-18-16-14-12-10-8-6-4-2/h29-30,40,42,48,50,56,58,61-62,65-66H,3-28,31-39,41,43-47,49,51-55,57,59-60H2,1-2H3,(H,64,67)/b30-29-,42-40+,50-48+,58-56+. The first-order chi connectivity index (χ1) is 33.2. The monoisotopic (exact) mass is 938 g/mol. The lowest BCUT2D eigenvalue weighted by atomic mass is 10.0. The van der Waals surface area contributed by atoms with E-state index in [2.05, 4.69) is 55.6 Å². The number of unbranched alkanes of at least 4 members (excludes halogenated alkanes) is 43. The molecule has 1 amide bonds. The van der Waals surface area contributed by atoms with Crippen molar-refractivity contribution in [1.82, 2.24) is 5.32 Å². The van der Waals surface area contributed by atoms with Gasteiger partial charge in [0.15, 0.2) is 0 Å². The molecule has 0 saturated carbocycles. The fourth-order valence-electron chi connectivity index (χ4n) is 9.39. The maximum atomic E-state index is 12.5. The summed E-state index contributed by atoms with van der Waals surface area (Å²) in [6.07, 6.45) is 81.6. The molecule has 0 heterocycles. The zero-order chi connectivity index (χ0) is 48.5. The van der Waals surface area contributed by atoms with Crippen molar-refractivity contribution in [3.63, 3.8) is 0 Å². The van der Waals surface area contributed by atoms with Crippen molar-refractivity contribution in [2.75, 3.05) is 6.61 Å². The minimum atomic E-state index is -0.871. The molecule has 0 aliphatic rings. The van der Waals surface area contributed by atoms with Gasteiger partial charge in [-0.2, -0.15) is 0 Å². The Balaban J connectivity index is 3.47. The van der Waals surface area contributed by atoms with Gasteiger partial charge in [-0.1, -0.05) is 300 Å². The van der Waals surface area contributed by atoms with Crippen LogP contribution in [0.3, 0.4) is 0 Å². The number of hydrogen-bond acceptors (Lipinski definition) is 3. The Morgan fingerprint density at radius 1 is 0.343 bits per heavy atom. The topological polar surface area (TPSA) is 69.6 Å². The predicted octanol–water partition coefficient (Wildman–Crippen LogP) is 20.2. The Labute approximate surface area is 420 Å². The zero-order valence-electron chi connectivity index (χ0n) is 45.4. The molecule has 0 aromatic rings. The molecule has 3 N–H and O–H groups in total. The molecule has 67 heavy (non-hydrogen) atoms. The van der Waals surface area contributed by atoms with E-state index in [9.17, 15) is 15.0 Å². The highest BCUT2D eigenvalue weighted by molar-refractivity contribution is 5.76. The number of hydrogen-bond donors (Lipinski definition) is 3. The number of carbonyl (C=O) groups excluding carboxylic acids is 1. The van der Waals surface area contributed by atoms with Crippen LogP contribution in [-0.2, 0) is 4.79 Å². The third kappa shape index (κ3) is 55.2. The fraction of sp³-hybridized carbons (Fsp3) is 0.857. The van der Waals surface area contributed by atoms with E-state index in [-0.39, 0.29) is 12.5 Å². The Hall–Kier alpha value is -1.65. The molecule has 0 rings (SSSR count). The van der Waals surface area contributed by atoms with E-state index in [0.717, 1.165) is 38.5 Å². The van der Waals surface area contributed by atoms with E-state index < -0.39 is 12.1 Å². The Morgan fingerprint density at radius 3 is 0.866 bits per heavy atom. The highest BCUT2D eigenvalue weighted by atomic mass is 16.3. The van der Waals surface area contributed by atoms with Crippen molar-refractivity contribution in [3.05, 3.63) is 48.6 Å². The summed E-state index contributed by atoms with van der Waals surface area (Å²) >= 11 is 0. The summed E-state index contributed by atoms with van der Waals surface area (Å²) in [7, 11) is 0. The first-order valence-corrected chi connectivity index (χ1v) is 30.4. The number of aliphatic hydroxyl groups excluding tert-OH is 2. The second kappa shape index (κ2) is 58.7. The van der Waals surface area contributed by atoms with Gasteiger partial charge in [-0.3, -0.25) is 4.79 Å². The van der Waals surface area contributed by atoms with Crippen molar-refractivity contribution in [1.29, 1.82) is 0 Å². The van der Waals surface area contributed by atoms with Crippen LogP contribution in [0, 0.1) is 0 Å². The molecule has 0 aliphatic heterocycles. The first-order valence-electron chi connectivity index (χ1n) is 30.4. The molecule has 0 radical (unpaired) electrons. The largest absolute Gasteiger partial charge is 0.394 e. The summed E-state index contributed by atoms with van der Waals surface area (Å²) in [5.41, 5.74) is 0. The number of amides is 1. The summed E-state index contributed by atoms with van der Waals surface area (Å²) in [5, 5.41) is 23.1. The van der Waals surface area contributed by atoms with Gasteiger partial charge >= 0.3 is 0 Å². The first kappa shape index (κ1) is 65.3. The lowest BCUT2D eigenvalue weighted by Crippen LogP contribution is -2.45. The van der Waals surface area contributed by atoms with Crippen molar-refractivity contribution in [3.8, 4) is 0 Å². The molecule has 0 spiro atoms. The Kier molecular flexibility index (Phi) is 57.2. The summed E-state index contributed by atoms with van der Waals surface area (Å²) in [4.78, 5) is 12.5. The van der Waals surface area contributed by atoms with Crippen LogP contribution < -0.4 is 5.32 Å². The second-order valence-corrected chi connectivity index (χ2v) is 20.7. The van der Waals surface area contributed by atoms with Crippen LogP contribution >= 0.6 is 0 Å². The van der Waals surface area contributed by atoms with Crippen molar-refractivity contribution >= 4 is 5.91 Å². The van der Waals surface area contributed by atoms with Crippen LogP contribution in [0.1, 0.15) is 328 Å². The molecule has 2 atom stereocenters. The average Bonchev–Trinajstić information content (AvgIpc) is 3.33. The maximum absolute atomic E-state index is 12.5. The highest BCUT2D eigenvalue weighted by Crippen LogP contribution is 2.17. The number of allylic oxidation sites excluding steroid dienone is 7. The van der Waals surface area contributed by atoms with Gasteiger partial charge in [0.1, 0.15) is 0 Å². The molecule has 2 unspecified atom stereocenters. The number of aliphatic hydroxyl groups is 2. The molecule has 4 heteroatoms. The molecule has 0 fully saturated rings. The van der Waals surface area contributed by atoms with Gasteiger partial charge in [0.05, 0.1) is 18.8 Å². The third-order valence-corrected chi connectivity index (χ3v) is 14.0. The summed E-state index contributed by atoms with van der Waals surface area (Å²) < 4.78 is 0. The van der Waals surface area contributed by atoms with E-state index in [4.69, 9.17) is 0 Å². The fourth-order valence-corrected chi connectivity index (χ4v) is 9.39. The summed E-state index contributed by atoms with van der Waals surface area (Å²) in [5.74, 6) is -0.0734. The van der Waals surface area contributed by atoms with Gasteiger partial charge < -0.3 is 15.5 Å². The molecule has 0 bridgehead atoms. The van der Waals surface area contributed by atoms with Gasteiger partial charge in [0, 0.05) is 6.42 Å². The lowest BCUT2D eigenvalue weighted by molar-refractivity contribution is -0.123. The highest BCUT2D eigenvalue weighted by Gasteiger charge is 2.18. The van der Waals surface area contributed by atoms with E-state index >= 15 is 0 Å². The van der Waals surface area contributed by atoms with Crippen LogP contribution in [0.15, 0.2) is 48.6 Å². The normalized spacial score (nSPS) is 13.1. The van der Waals surface area contributed by atoms with Crippen molar-refractivity contribution in [2.45, 2.75) is 341 Å². The van der Waals surface area contributed by atoms with Gasteiger partial charge in [-0.25, -0.2) is 0 Å². The summed E-state index contributed by atoms with van der Waals surface area (Å²) in [6.45, 7) is 4.32. The molecular formula is C63H119NO3. The van der Waals surface area contributed by atoms with E-state index in [1.54, 1.807) is 6.08 Å².